The first-order chi connectivity index (χ1) is 6.49. The van der Waals surface area contributed by atoms with Gasteiger partial charge in [-0.3, -0.25) is 9.69 Å². The van der Waals surface area contributed by atoms with E-state index in [1.165, 1.54) is 0 Å². The zero-order valence-corrected chi connectivity index (χ0v) is 9.07. The molecule has 1 saturated carbocycles. The SMILES string of the molecule is CC(C)CN(CC(N)=O)C1CC(N)C1. The highest BCUT2D eigenvalue weighted by Crippen LogP contribution is 2.24. The third-order valence-electron chi connectivity index (χ3n) is 2.62. The number of nitrogens with two attached hydrogens (primary N) is 2. The van der Waals surface area contributed by atoms with E-state index in [4.69, 9.17) is 11.5 Å². The molecule has 0 aromatic rings. The molecule has 1 fully saturated rings. The van der Waals surface area contributed by atoms with E-state index in [9.17, 15) is 4.79 Å². The molecule has 0 aromatic carbocycles. The topological polar surface area (TPSA) is 72.3 Å². The summed E-state index contributed by atoms with van der Waals surface area (Å²) in [6.07, 6.45) is 2.00. The lowest BCUT2D eigenvalue weighted by Gasteiger charge is -2.41. The molecule has 1 amide bonds. The Morgan fingerprint density at radius 2 is 2.07 bits per heavy atom. The van der Waals surface area contributed by atoms with Gasteiger partial charge in [-0.1, -0.05) is 13.8 Å². The molecule has 0 radical (unpaired) electrons. The second kappa shape index (κ2) is 4.75. The summed E-state index contributed by atoms with van der Waals surface area (Å²) in [5, 5.41) is 0. The molecule has 4 nitrogen and oxygen atoms in total. The van der Waals surface area contributed by atoms with Crippen LogP contribution in [-0.2, 0) is 4.79 Å². The zero-order valence-electron chi connectivity index (χ0n) is 9.07. The van der Waals surface area contributed by atoms with Crippen molar-refractivity contribution in [1.29, 1.82) is 0 Å². The van der Waals surface area contributed by atoms with Crippen LogP contribution >= 0.6 is 0 Å². The fourth-order valence-electron chi connectivity index (χ4n) is 1.94. The second-order valence-electron chi connectivity index (χ2n) is 4.67. The molecule has 4 N–H and O–H groups in total. The molecule has 1 aliphatic rings. The van der Waals surface area contributed by atoms with Gasteiger partial charge in [0.25, 0.3) is 0 Å². The van der Waals surface area contributed by atoms with Gasteiger partial charge in [-0.25, -0.2) is 0 Å². The van der Waals surface area contributed by atoms with E-state index in [1.54, 1.807) is 0 Å². The van der Waals surface area contributed by atoms with Gasteiger partial charge in [0.15, 0.2) is 0 Å². The summed E-state index contributed by atoms with van der Waals surface area (Å²) in [5.41, 5.74) is 10.9. The molecule has 82 valence electrons. The number of primary amides is 1. The number of nitrogens with zero attached hydrogens (tertiary/aromatic N) is 1. The lowest BCUT2D eigenvalue weighted by molar-refractivity contribution is -0.120. The molecule has 0 aliphatic heterocycles. The maximum Gasteiger partial charge on any atom is 0.231 e. The van der Waals surface area contributed by atoms with Crippen molar-refractivity contribution in [1.82, 2.24) is 4.90 Å². The molecule has 4 heteroatoms. The number of hydrogen-bond acceptors (Lipinski definition) is 3. The second-order valence-corrected chi connectivity index (χ2v) is 4.67. The van der Waals surface area contributed by atoms with Crippen LogP contribution in [0.4, 0.5) is 0 Å². The van der Waals surface area contributed by atoms with Crippen molar-refractivity contribution in [2.75, 3.05) is 13.1 Å². The fraction of sp³-hybridized carbons (Fsp3) is 0.900. The van der Waals surface area contributed by atoms with E-state index in [1.807, 2.05) is 0 Å². The number of carbonyl (C=O) groups excluding carboxylic acids is 1. The van der Waals surface area contributed by atoms with Gasteiger partial charge in [0, 0.05) is 18.6 Å². The Morgan fingerprint density at radius 3 is 2.43 bits per heavy atom. The van der Waals surface area contributed by atoms with Crippen LogP contribution in [-0.4, -0.2) is 36.0 Å². The van der Waals surface area contributed by atoms with E-state index in [0.29, 0.717) is 24.5 Å². The molecule has 0 spiro atoms. The molecule has 0 heterocycles. The van der Waals surface area contributed by atoms with Crippen molar-refractivity contribution < 1.29 is 4.79 Å². The van der Waals surface area contributed by atoms with Gasteiger partial charge < -0.3 is 11.5 Å². The number of amides is 1. The molecule has 14 heavy (non-hydrogen) atoms. The van der Waals surface area contributed by atoms with Gasteiger partial charge in [0.2, 0.25) is 5.91 Å². The monoisotopic (exact) mass is 199 g/mol. The Morgan fingerprint density at radius 1 is 1.50 bits per heavy atom. The van der Waals surface area contributed by atoms with Crippen LogP contribution in [0, 0.1) is 5.92 Å². The van der Waals surface area contributed by atoms with Crippen molar-refractivity contribution in [3.63, 3.8) is 0 Å². The highest BCUT2D eigenvalue weighted by molar-refractivity contribution is 5.76. The predicted octanol–water partition coefficient (Wildman–Crippen LogP) is -0.0806. The van der Waals surface area contributed by atoms with E-state index in [2.05, 4.69) is 18.7 Å². The van der Waals surface area contributed by atoms with Crippen LogP contribution in [0.3, 0.4) is 0 Å². The van der Waals surface area contributed by atoms with Crippen molar-refractivity contribution in [2.45, 2.75) is 38.8 Å². The molecule has 0 atom stereocenters. The van der Waals surface area contributed by atoms with E-state index in [0.717, 1.165) is 19.4 Å². The average Bonchev–Trinajstić information content (AvgIpc) is 1.95. The maximum atomic E-state index is 10.9. The Balaban J connectivity index is 2.40. The Kier molecular flexibility index (Phi) is 3.89. The third-order valence-corrected chi connectivity index (χ3v) is 2.62. The molecule has 0 bridgehead atoms. The lowest BCUT2D eigenvalue weighted by Crippen LogP contribution is -2.53. The van der Waals surface area contributed by atoms with Crippen molar-refractivity contribution in [3.05, 3.63) is 0 Å². The number of hydrogen-bond donors (Lipinski definition) is 2. The summed E-state index contributed by atoms with van der Waals surface area (Å²) in [6, 6.07) is 0.794. The zero-order chi connectivity index (χ0) is 10.7. The summed E-state index contributed by atoms with van der Waals surface area (Å²) in [6.45, 7) is 5.59. The summed E-state index contributed by atoms with van der Waals surface area (Å²) in [7, 11) is 0. The highest BCUT2D eigenvalue weighted by atomic mass is 16.1. The minimum atomic E-state index is -0.244. The van der Waals surface area contributed by atoms with Crippen molar-refractivity contribution >= 4 is 5.91 Å². The van der Waals surface area contributed by atoms with Gasteiger partial charge in [-0.15, -0.1) is 0 Å². The van der Waals surface area contributed by atoms with Crippen LogP contribution in [0.25, 0.3) is 0 Å². The van der Waals surface area contributed by atoms with E-state index < -0.39 is 0 Å². The number of rotatable bonds is 5. The Bertz CT molecular complexity index is 200. The summed E-state index contributed by atoms with van der Waals surface area (Å²) in [5.74, 6) is 0.317. The van der Waals surface area contributed by atoms with Crippen LogP contribution < -0.4 is 11.5 Å². The summed E-state index contributed by atoms with van der Waals surface area (Å²) in [4.78, 5) is 13.0. The van der Waals surface area contributed by atoms with E-state index >= 15 is 0 Å². The predicted molar refractivity (Wildman–Crippen MR) is 56.6 cm³/mol. The van der Waals surface area contributed by atoms with Gasteiger partial charge >= 0.3 is 0 Å². The Labute approximate surface area is 85.6 Å². The first kappa shape index (κ1) is 11.5. The molecular formula is C10H21N3O. The smallest absolute Gasteiger partial charge is 0.231 e. The molecule has 1 rings (SSSR count). The largest absolute Gasteiger partial charge is 0.369 e. The maximum absolute atomic E-state index is 10.9. The Hall–Kier alpha value is -0.610. The standard InChI is InChI=1S/C10H21N3O/c1-7(2)5-13(6-10(12)14)9-3-8(11)4-9/h7-9H,3-6,11H2,1-2H3,(H2,12,14). The summed E-state index contributed by atoms with van der Waals surface area (Å²) < 4.78 is 0. The minimum Gasteiger partial charge on any atom is -0.369 e. The average molecular weight is 199 g/mol. The molecule has 0 aromatic heterocycles. The van der Waals surface area contributed by atoms with Crippen LogP contribution in [0.5, 0.6) is 0 Å². The quantitative estimate of drug-likeness (QED) is 0.650. The van der Waals surface area contributed by atoms with Crippen molar-refractivity contribution in [2.24, 2.45) is 17.4 Å². The van der Waals surface area contributed by atoms with Crippen LogP contribution in [0.2, 0.25) is 0 Å². The van der Waals surface area contributed by atoms with E-state index in [-0.39, 0.29) is 5.91 Å². The van der Waals surface area contributed by atoms with Gasteiger partial charge in [-0.05, 0) is 18.8 Å². The van der Waals surface area contributed by atoms with Crippen LogP contribution in [0.1, 0.15) is 26.7 Å². The van der Waals surface area contributed by atoms with Gasteiger partial charge in [-0.2, -0.15) is 0 Å². The lowest BCUT2D eigenvalue weighted by atomic mass is 9.86. The van der Waals surface area contributed by atoms with Gasteiger partial charge in [0.1, 0.15) is 0 Å². The first-order valence-electron chi connectivity index (χ1n) is 5.27. The first-order valence-corrected chi connectivity index (χ1v) is 5.27. The molecule has 1 aliphatic carbocycles. The number of carbonyl (C=O) groups is 1. The highest BCUT2D eigenvalue weighted by Gasteiger charge is 2.31. The molecular weight excluding hydrogens is 178 g/mol. The minimum absolute atomic E-state index is 0.244. The molecule has 0 saturated heterocycles. The normalized spacial score (nSPS) is 26.6. The summed E-state index contributed by atoms with van der Waals surface area (Å²) >= 11 is 0. The third kappa shape index (κ3) is 3.27. The van der Waals surface area contributed by atoms with Crippen molar-refractivity contribution in [3.8, 4) is 0 Å². The van der Waals surface area contributed by atoms with Gasteiger partial charge in [0.05, 0.1) is 6.54 Å². The van der Waals surface area contributed by atoms with Crippen LogP contribution in [0.15, 0.2) is 0 Å². The fourth-order valence-corrected chi connectivity index (χ4v) is 1.94. The molecule has 0 unspecified atom stereocenters.